The van der Waals surface area contributed by atoms with Crippen molar-refractivity contribution >= 4 is 5.91 Å². The van der Waals surface area contributed by atoms with Gasteiger partial charge in [0.15, 0.2) is 5.82 Å². The fraction of sp³-hybridized carbons (Fsp3) is 0.500. The normalized spacial score (nSPS) is 18.1. The molecule has 3 rings (SSSR count). The zero-order chi connectivity index (χ0) is 14.8. The Balaban J connectivity index is 1.60. The van der Waals surface area contributed by atoms with Crippen molar-refractivity contribution in [2.24, 2.45) is 7.05 Å². The molecular weight excluding hydrogens is 272 g/mol. The fourth-order valence-corrected chi connectivity index (χ4v) is 2.35. The Morgan fingerprint density at radius 1 is 1.57 bits per heavy atom. The maximum absolute atomic E-state index is 12.1. The highest BCUT2D eigenvalue weighted by molar-refractivity contribution is 5.95. The average Bonchev–Trinajstić information content (AvgIpc) is 3.19. The monoisotopic (exact) mass is 290 g/mol. The summed E-state index contributed by atoms with van der Waals surface area (Å²) in [4.78, 5) is 16.3. The molecule has 1 unspecified atom stereocenters. The lowest BCUT2D eigenvalue weighted by Gasteiger charge is -2.03. The summed E-state index contributed by atoms with van der Waals surface area (Å²) in [6.45, 7) is 2.87. The van der Waals surface area contributed by atoms with E-state index in [1.165, 1.54) is 0 Å². The van der Waals surface area contributed by atoms with E-state index in [9.17, 15) is 4.79 Å². The molecule has 7 nitrogen and oxygen atoms in total. The van der Waals surface area contributed by atoms with Gasteiger partial charge < -0.3 is 19.1 Å². The number of nitrogens with one attached hydrogen (secondary N) is 1. The minimum Gasteiger partial charge on any atom is -0.368 e. The average molecular weight is 290 g/mol. The molecule has 0 aliphatic carbocycles. The molecule has 1 aliphatic rings. The number of ether oxygens (including phenoxy) is 1. The van der Waals surface area contributed by atoms with Gasteiger partial charge in [-0.05, 0) is 25.8 Å². The van der Waals surface area contributed by atoms with Crippen LogP contribution in [-0.2, 0) is 18.3 Å². The van der Waals surface area contributed by atoms with Crippen molar-refractivity contribution in [1.82, 2.24) is 20.0 Å². The fourth-order valence-electron chi connectivity index (χ4n) is 2.35. The van der Waals surface area contributed by atoms with E-state index in [1.807, 2.05) is 24.7 Å². The van der Waals surface area contributed by atoms with Gasteiger partial charge in [-0.2, -0.15) is 4.98 Å². The number of nitrogens with zero attached hydrogens (tertiary/aromatic N) is 3. The molecule has 0 bridgehead atoms. The van der Waals surface area contributed by atoms with Gasteiger partial charge in [0.25, 0.3) is 11.8 Å². The topological polar surface area (TPSA) is 82.2 Å². The van der Waals surface area contributed by atoms with Crippen molar-refractivity contribution in [2.45, 2.75) is 32.4 Å². The Hall–Kier alpha value is -2.15. The summed E-state index contributed by atoms with van der Waals surface area (Å²) in [7, 11) is 1.90. The SMILES string of the molecule is Cc1c(C(=O)NCc2noc(C3CCCO3)n2)ccn1C. The molecule has 0 radical (unpaired) electrons. The first-order valence-electron chi connectivity index (χ1n) is 6.99. The van der Waals surface area contributed by atoms with Crippen LogP contribution >= 0.6 is 0 Å². The van der Waals surface area contributed by atoms with Crippen LogP contribution in [0.2, 0.25) is 0 Å². The van der Waals surface area contributed by atoms with Crippen molar-refractivity contribution in [3.05, 3.63) is 35.2 Å². The van der Waals surface area contributed by atoms with Crippen molar-refractivity contribution in [1.29, 1.82) is 0 Å². The van der Waals surface area contributed by atoms with E-state index in [1.54, 1.807) is 6.07 Å². The van der Waals surface area contributed by atoms with E-state index < -0.39 is 0 Å². The molecule has 21 heavy (non-hydrogen) atoms. The number of rotatable bonds is 4. The van der Waals surface area contributed by atoms with Crippen molar-refractivity contribution in [3.63, 3.8) is 0 Å². The first kappa shape index (κ1) is 13.8. The van der Waals surface area contributed by atoms with Gasteiger partial charge in [0.2, 0.25) is 0 Å². The van der Waals surface area contributed by atoms with Crippen LogP contribution in [0.15, 0.2) is 16.8 Å². The van der Waals surface area contributed by atoms with Gasteiger partial charge in [-0.1, -0.05) is 5.16 Å². The van der Waals surface area contributed by atoms with Gasteiger partial charge in [-0.3, -0.25) is 4.79 Å². The van der Waals surface area contributed by atoms with Crippen molar-refractivity contribution < 1.29 is 14.1 Å². The summed E-state index contributed by atoms with van der Waals surface area (Å²) in [6.07, 6.45) is 3.66. The van der Waals surface area contributed by atoms with Crippen LogP contribution < -0.4 is 5.32 Å². The van der Waals surface area contributed by atoms with Crippen LogP contribution in [-0.4, -0.2) is 27.2 Å². The molecule has 0 aromatic carbocycles. The molecule has 1 atom stereocenters. The molecule has 1 aliphatic heterocycles. The van der Waals surface area contributed by atoms with Gasteiger partial charge >= 0.3 is 0 Å². The van der Waals surface area contributed by atoms with Gasteiger partial charge in [-0.25, -0.2) is 0 Å². The first-order chi connectivity index (χ1) is 10.1. The van der Waals surface area contributed by atoms with E-state index in [-0.39, 0.29) is 18.6 Å². The third-order valence-electron chi connectivity index (χ3n) is 3.72. The summed E-state index contributed by atoms with van der Waals surface area (Å²) < 4.78 is 12.6. The van der Waals surface area contributed by atoms with Crippen LogP contribution in [0.3, 0.4) is 0 Å². The van der Waals surface area contributed by atoms with Gasteiger partial charge in [-0.15, -0.1) is 0 Å². The molecule has 2 aromatic rings. The second-order valence-corrected chi connectivity index (χ2v) is 5.16. The zero-order valence-corrected chi connectivity index (χ0v) is 12.1. The molecule has 112 valence electrons. The van der Waals surface area contributed by atoms with E-state index in [0.29, 0.717) is 17.3 Å². The molecule has 1 saturated heterocycles. The number of hydrogen-bond donors (Lipinski definition) is 1. The Morgan fingerprint density at radius 2 is 2.43 bits per heavy atom. The summed E-state index contributed by atoms with van der Waals surface area (Å²) in [5.74, 6) is 0.812. The summed E-state index contributed by atoms with van der Waals surface area (Å²) in [5, 5.41) is 6.66. The number of carbonyl (C=O) groups excluding carboxylic acids is 1. The number of hydrogen-bond acceptors (Lipinski definition) is 5. The zero-order valence-electron chi connectivity index (χ0n) is 12.1. The highest BCUT2D eigenvalue weighted by Crippen LogP contribution is 2.26. The minimum atomic E-state index is -0.142. The molecule has 7 heteroatoms. The van der Waals surface area contributed by atoms with Crippen molar-refractivity contribution in [3.8, 4) is 0 Å². The quantitative estimate of drug-likeness (QED) is 0.922. The molecule has 1 amide bonds. The third-order valence-corrected chi connectivity index (χ3v) is 3.72. The highest BCUT2D eigenvalue weighted by atomic mass is 16.5. The number of amides is 1. The smallest absolute Gasteiger partial charge is 0.255 e. The summed E-state index contributed by atoms with van der Waals surface area (Å²) >= 11 is 0. The Morgan fingerprint density at radius 3 is 3.10 bits per heavy atom. The lowest BCUT2D eigenvalue weighted by molar-refractivity contribution is 0.0835. The predicted molar refractivity (Wildman–Crippen MR) is 73.5 cm³/mol. The third kappa shape index (κ3) is 2.82. The van der Waals surface area contributed by atoms with Crippen LogP contribution in [0.5, 0.6) is 0 Å². The van der Waals surface area contributed by atoms with Crippen LogP contribution in [0.4, 0.5) is 0 Å². The Kier molecular flexibility index (Phi) is 3.74. The van der Waals surface area contributed by atoms with Crippen LogP contribution in [0.25, 0.3) is 0 Å². The standard InChI is InChI=1S/C14H18N4O3/c1-9-10(5-6-18(9)2)13(19)15-8-12-16-14(21-17-12)11-4-3-7-20-11/h5-6,11H,3-4,7-8H2,1-2H3,(H,15,19). The van der Waals surface area contributed by atoms with E-state index in [0.717, 1.165) is 25.1 Å². The summed E-state index contributed by atoms with van der Waals surface area (Å²) in [5.41, 5.74) is 1.57. The maximum Gasteiger partial charge on any atom is 0.255 e. The second kappa shape index (κ2) is 5.69. The molecule has 0 spiro atoms. The minimum absolute atomic E-state index is 0.0988. The van der Waals surface area contributed by atoms with Crippen molar-refractivity contribution in [2.75, 3.05) is 6.61 Å². The molecule has 1 N–H and O–H groups in total. The first-order valence-corrected chi connectivity index (χ1v) is 6.99. The van der Waals surface area contributed by atoms with E-state index in [4.69, 9.17) is 9.26 Å². The lowest BCUT2D eigenvalue weighted by Crippen LogP contribution is -2.24. The van der Waals surface area contributed by atoms with Gasteiger partial charge in [0, 0.05) is 25.5 Å². The van der Waals surface area contributed by atoms with E-state index in [2.05, 4.69) is 15.5 Å². The Bertz CT molecular complexity index is 640. The van der Waals surface area contributed by atoms with Crippen LogP contribution in [0, 0.1) is 6.92 Å². The highest BCUT2D eigenvalue weighted by Gasteiger charge is 2.24. The molecule has 2 aromatic heterocycles. The summed E-state index contributed by atoms with van der Waals surface area (Å²) in [6, 6.07) is 1.79. The maximum atomic E-state index is 12.1. The van der Waals surface area contributed by atoms with E-state index >= 15 is 0 Å². The van der Waals surface area contributed by atoms with Crippen LogP contribution in [0.1, 0.15) is 46.7 Å². The second-order valence-electron chi connectivity index (χ2n) is 5.16. The predicted octanol–water partition coefficient (Wildman–Crippen LogP) is 1.50. The Labute approximate surface area is 122 Å². The number of aromatic nitrogens is 3. The molecule has 3 heterocycles. The lowest BCUT2D eigenvalue weighted by atomic mass is 10.2. The largest absolute Gasteiger partial charge is 0.368 e. The van der Waals surface area contributed by atoms with Gasteiger partial charge in [0.1, 0.15) is 6.10 Å². The number of carbonyl (C=O) groups is 1. The van der Waals surface area contributed by atoms with Gasteiger partial charge in [0.05, 0.1) is 12.1 Å². The molecule has 0 saturated carbocycles. The number of aryl methyl sites for hydroxylation is 1. The molecular formula is C14H18N4O3. The molecule has 1 fully saturated rings.